The Morgan fingerprint density at radius 3 is 2.65 bits per heavy atom. The average molecular weight is 316 g/mol. The fourth-order valence-corrected chi connectivity index (χ4v) is 2.75. The van der Waals surface area contributed by atoms with Crippen molar-refractivity contribution < 1.29 is 28.8 Å². The number of fused-ring (bicyclic) bond motifs is 2. The Morgan fingerprint density at radius 2 is 1.83 bits per heavy atom. The fraction of sp³-hybridized carbons (Fsp3) is 0.294. The van der Waals surface area contributed by atoms with E-state index in [-0.39, 0.29) is 13.4 Å². The van der Waals surface area contributed by atoms with Gasteiger partial charge in [0.15, 0.2) is 35.2 Å². The van der Waals surface area contributed by atoms with Crippen molar-refractivity contribution in [3.63, 3.8) is 0 Å². The van der Waals surface area contributed by atoms with E-state index in [0.29, 0.717) is 28.7 Å². The summed E-state index contributed by atoms with van der Waals surface area (Å²) in [7, 11) is 1.59. The van der Waals surface area contributed by atoms with Gasteiger partial charge in [0.25, 0.3) is 0 Å². The van der Waals surface area contributed by atoms with Gasteiger partial charge in [-0.25, -0.2) is 0 Å². The Balaban J connectivity index is 1.69. The van der Waals surface area contributed by atoms with Gasteiger partial charge >= 0.3 is 0 Å². The van der Waals surface area contributed by atoms with Crippen molar-refractivity contribution in [2.75, 3.05) is 20.5 Å². The van der Waals surface area contributed by atoms with Gasteiger partial charge in [-0.3, -0.25) is 0 Å². The van der Waals surface area contributed by atoms with Crippen molar-refractivity contribution in [2.24, 2.45) is 0 Å². The molecular formula is C17H16O6. The number of hydrogen-bond donors (Lipinski definition) is 1. The lowest BCUT2D eigenvalue weighted by atomic mass is 10.0. The molecule has 0 spiro atoms. The van der Waals surface area contributed by atoms with Crippen LogP contribution in [0.3, 0.4) is 0 Å². The lowest BCUT2D eigenvalue weighted by Crippen LogP contribution is -2.36. The van der Waals surface area contributed by atoms with Crippen LogP contribution in [0.25, 0.3) is 0 Å². The van der Waals surface area contributed by atoms with Crippen molar-refractivity contribution in [1.29, 1.82) is 0 Å². The van der Waals surface area contributed by atoms with E-state index >= 15 is 0 Å². The highest BCUT2D eigenvalue weighted by atomic mass is 16.7. The second-order valence-corrected chi connectivity index (χ2v) is 5.30. The van der Waals surface area contributed by atoms with Crippen LogP contribution in [0.5, 0.6) is 28.7 Å². The molecule has 0 radical (unpaired) electrons. The zero-order valence-corrected chi connectivity index (χ0v) is 12.5. The molecular weight excluding hydrogens is 300 g/mol. The first kappa shape index (κ1) is 14.0. The third-order valence-corrected chi connectivity index (χ3v) is 3.93. The lowest BCUT2D eigenvalue weighted by molar-refractivity contribution is -0.0125. The highest BCUT2D eigenvalue weighted by Crippen LogP contribution is 2.43. The van der Waals surface area contributed by atoms with Crippen LogP contribution >= 0.6 is 0 Å². The van der Waals surface area contributed by atoms with Crippen molar-refractivity contribution in [3.8, 4) is 28.7 Å². The van der Waals surface area contributed by atoms with Gasteiger partial charge in [-0.15, -0.1) is 0 Å². The third-order valence-electron chi connectivity index (χ3n) is 3.93. The van der Waals surface area contributed by atoms with Gasteiger partial charge in [0.05, 0.1) is 13.7 Å². The molecule has 2 heterocycles. The van der Waals surface area contributed by atoms with E-state index in [4.69, 9.17) is 23.7 Å². The SMILES string of the molecule is COc1ccc2c(c1)O[C@@H](c1ccc3c(c1)OCO3)[C@H](CO)O2. The summed E-state index contributed by atoms with van der Waals surface area (Å²) in [6.07, 6.45) is -0.953. The summed E-state index contributed by atoms with van der Waals surface area (Å²) in [6, 6.07) is 10.9. The molecule has 0 amide bonds. The summed E-state index contributed by atoms with van der Waals surface area (Å²) >= 11 is 0. The second-order valence-electron chi connectivity index (χ2n) is 5.30. The number of rotatable bonds is 3. The van der Waals surface area contributed by atoms with E-state index in [1.807, 2.05) is 18.2 Å². The number of ether oxygens (including phenoxy) is 5. The van der Waals surface area contributed by atoms with Gasteiger partial charge in [-0.1, -0.05) is 6.07 Å². The lowest BCUT2D eigenvalue weighted by Gasteiger charge is -2.33. The van der Waals surface area contributed by atoms with Crippen LogP contribution < -0.4 is 23.7 Å². The monoisotopic (exact) mass is 316 g/mol. The molecule has 1 N–H and O–H groups in total. The predicted octanol–water partition coefficient (Wildman–Crippen LogP) is 2.30. The summed E-state index contributed by atoms with van der Waals surface area (Å²) in [5.74, 6) is 3.21. The molecule has 2 aliphatic rings. The van der Waals surface area contributed by atoms with E-state index in [0.717, 1.165) is 5.56 Å². The predicted molar refractivity (Wildman–Crippen MR) is 80.4 cm³/mol. The molecule has 0 saturated heterocycles. The summed E-state index contributed by atoms with van der Waals surface area (Å²) in [5.41, 5.74) is 0.849. The average Bonchev–Trinajstić information content (AvgIpc) is 3.07. The van der Waals surface area contributed by atoms with Gasteiger partial charge in [0.1, 0.15) is 5.75 Å². The second kappa shape index (κ2) is 5.55. The third kappa shape index (κ3) is 2.41. The summed E-state index contributed by atoms with van der Waals surface area (Å²) in [6.45, 7) is 0.0504. The minimum atomic E-state index is -0.503. The first-order valence-corrected chi connectivity index (χ1v) is 7.30. The number of benzene rings is 2. The summed E-state index contributed by atoms with van der Waals surface area (Å²) < 4.78 is 27.9. The normalized spacial score (nSPS) is 21.1. The van der Waals surface area contributed by atoms with E-state index in [1.165, 1.54) is 0 Å². The molecule has 0 saturated carbocycles. The molecule has 4 rings (SSSR count). The molecule has 6 nitrogen and oxygen atoms in total. The smallest absolute Gasteiger partial charge is 0.231 e. The fourth-order valence-electron chi connectivity index (χ4n) is 2.75. The van der Waals surface area contributed by atoms with E-state index in [1.54, 1.807) is 25.3 Å². The maximum absolute atomic E-state index is 9.66. The molecule has 2 atom stereocenters. The van der Waals surface area contributed by atoms with Gasteiger partial charge < -0.3 is 28.8 Å². The van der Waals surface area contributed by atoms with Crippen LogP contribution in [-0.2, 0) is 0 Å². The first-order valence-electron chi connectivity index (χ1n) is 7.30. The van der Waals surface area contributed by atoms with Crippen molar-refractivity contribution in [1.82, 2.24) is 0 Å². The number of aliphatic hydroxyl groups is 1. The Kier molecular flexibility index (Phi) is 3.38. The molecule has 120 valence electrons. The molecule has 23 heavy (non-hydrogen) atoms. The summed E-state index contributed by atoms with van der Waals surface area (Å²) in [5, 5.41) is 9.66. The molecule has 2 aromatic carbocycles. The van der Waals surface area contributed by atoms with E-state index in [9.17, 15) is 5.11 Å². The van der Waals surface area contributed by atoms with E-state index < -0.39 is 12.2 Å². The van der Waals surface area contributed by atoms with Crippen molar-refractivity contribution in [3.05, 3.63) is 42.0 Å². The quantitative estimate of drug-likeness (QED) is 0.937. The molecule has 0 fully saturated rings. The van der Waals surface area contributed by atoms with Gasteiger partial charge in [-0.05, 0) is 24.3 Å². The van der Waals surface area contributed by atoms with Crippen LogP contribution in [0.1, 0.15) is 11.7 Å². The Morgan fingerprint density at radius 1 is 1.00 bits per heavy atom. The molecule has 2 aliphatic heterocycles. The van der Waals surface area contributed by atoms with Crippen LogP contribution in [0.15, 0.2) is 36.4 Å². The van der Waals surface area contributed by atoms with Crippen LogP contribution in [-0.4, -0.2) is 31.7 Å². The molecule has 0 bridgehead atoms. The maximum atomic E-state index is 9.66. The number of aliphatic hydroxyl groups excluding tert-OH is 1. The van der Waals surface area contributed by atoms with Crippen LogP contribution in [0, 0.1) is 0 Å². The minimum Gasteiger partial charge on any atom is -0.497 e. The standard InChI is InChI=1S/C17H16O6/c1-19-11-3-5-13-15(7-11)23-17(16(8-18)22-13)10-2-4-12-14(6-10)21-9-20-12/h2-7,16-18H,8-9H2,1H3/t16-,17-/m0/s1. The molecule has 0 aromatic heterocycles. The Labute approximate surface area is 133 Å². The molecule has 0 unspecified atom stereocenters. The largest absolute Gasteiger partial charge is 0.497 e. The molecule has 6 heteroatoms. The zero-order chi connectivity index (χ0) is 15.8. The molecule has 2 aromatic rings. The highest BCUT2D eigenvalue weighted by molar-refractivity contribution is 5.49. The van der Waals surface area contributed by atoms with E-state index in [2.05, 4.69) is 0 Å². The Bertz CT molecular complexity index is 729. The number of methoxy groups -OCH3 is 1. The maximum Gasteiger partial charge on any atom is 0.231 e. The highest BCUT2D eigenvalue weighted by Gasteiger charge is 2.33. The van der Waals surface area contributed by atoms with Crippen molar-refractivity contribution in [2.45, 2.75) is 12.2 Å². The topological polar surface area (TPSA) is 66.4 Å². The van der Waals surface area contributed by atoms with Crippen LogP contribution in [0.4, 0.5) is 0 Å². The number of hydrogen-bond acceptors (Lipinski definition) is 6. The zero-order valence-electron chi connectivity index (χ0n) is 12.5. The summed E-state index contributed by atoms with van der Waals surface area (Å²) in [4.78, 5) is 0. The van der Waals surface area contributed by atoms with Crippen LogP contribution in [0.2, 0.25) is 0 Å². The van der Waals surface area contributed by atoms with Gasteiger partial charge in [0, 0.05) is 11.6 Å². The van der Waals surface area contributed by atoms with Gasteiger partial charge in [-0.2, -0.15) is 0 Å². The first-order chi connectivity index (χ1) is 11.3. The van der Waals surface area contributed by atoms with Gasteiger partial charge in [0.2, 0.25) is 6.79 Å². The van der Waals surface area contributed by atoms with Crippen molar-refractivity contribution >= 4 is 0 Å². The minimum absolute atomic E-state index is 0.162. The molecule has 0 aliphatic carbocycles. The Hall–Kier alpha value is -2.60.